The van der Waals surface area contributed by atoms with E-state index in [-0.39, 0.29) is 23.8 Å². The van der Waals surface area contributed by atoms with Gasteiger partial charge in [0.15, 0.2) is 0 Å². The second-order valence-corrected chi connectivity index (χ2v) is 5.76. The molecule has 2 amide bonds. The molecule has 0 bridgehead atoms. The van der Waals surface area contributed by atoms with Crippen molar-refractivity contribution in [2.45, 2.75) is 31.7 Å². The maximum Gasteiger partial charge on any atom is 0.224 e. The fraction of sp³-hybridized carbons (Fsp3) is 0.500. The van der Waals surface area contributed by atoms with Crippen LogP contribution in [0.15, 0.2) is 30.3 Å². The van der Waals surface area contributed by atoms with Gasteiger partial charge in [0.05, 0.1) is 6.04 Å². The van der Waals surface area contributed by atoms with Crippen molar-refractivity contribution in [3.05, 3.63) is 35.9 Å². The number of carbonyl (C=O) groups excluding carboxylic acids is 2. The van der Waals surface area contributed by atoms with Gasteiger partial charge in [-0.25, -0.2) is 0 Å². The van der Waals surface area contributed by atoms with Gasteiger partial charge >= 0.3 is 0 Å². The van der Waals surface area contributed by atoms with Gasteiger partial charge in [-0.05, 0) is 24.8 Å². The average molecular weight is 272 g/mol. The zero-order chi connectivity index (χ0) is 13.9. The van der Waals surface area contributed by atoms with Crippen LogP contribution in [0.3, 0.4) is 0 Å². The largest absolute Gasteiger partial charge is 0.351 e. The van der Waals surface area contributed by atoms with Gasteiger partial charge in [-0.2, -0.15) is 0 Å². The van der Waals surface area contributed by atoms with Crippen molar-refractivity contribution < 1.29 is 9.59 Å². The lowest BCUT2D eigenvalue weighted by molar-refractivity contribution is -0.127. The van der Waals surface area contributed by atoms with Crippen LogP contribution in [0.4, 0.5) is 0 Å². The lowest BCUT2D eigenvalue weighted by Gasteiger charge is -2.17. The van der Waals surface area contributed by atoms with E-state index < -0.39 is 0 Å². The number of benzene rings is 1. The molecule has 0 unspecified atom stereocenters. The number of hydrogen-bond donors (Lipinski definition) is 1. The summed E-state index contributed by atoms with van der Waals surface area (Å²) in [6.07, 6.45) is 3.33. The van der Waals surface area contributed by atoms with Crippen molar-refractivity contribution in [3.63, 3.8) is 0 Å². The zero-order valence-electron chi connectivity index (χ0n) is 11.5. The summed E-state index contributed by atoms with van der Waals surface area (Å²) in [4.78, 5) is 25.5. The third-order valence-electron chi connectivity index (χ3n) is 4.02. The Balaban J connectivity index is 1.48. The molecule has 4 heteroatoms. The molecule has 106 valence electrons. The highest BCUT2D eigenvalue weighted by Gasteiger charge is 2.35. The summed E-state index contributed by atoms with van der Waals surface area (Å²) >= 11 is 0. The summed E-state index contributed by atoms with van der Waals surface area (Å²) in [5.74, 6) is 0.498. The standard InChI is InChI=1S/C16H20N2O2/c19-15-10-14(17-16(20)13-6-7-13)11-18(15)9-8-12-4-2-1-3-5-12/h1-5,13-14H,6-11H2,(H,17,20)/t14-/m0/s1. The smallest absolute Gasteiger partial charge is 0.224 e. The van der Waals surface area contributed by atoms with Crippen LogP contribution in [0.1, 0.15) is 24.8 Å². The first-order chi connectivity index (χ1) is 9.72. The molecule has 1 aromatic rings. The van der Waals surface area contributed by atoms with Crippen molar-refractivity contribution in [2.75, 3.05) is 13.1 Å². The van der Waals surface area contributed by atoms with E-state index in [1.54, 1.807) is 0 Å². The molecule has 2 fully saturated rings. The summed E-state index contributed by atoms with van der Waals surface area (Å²) in [5, 5.41) is 3.00. The Morgan fingerprint density at radius 1 is 1.25 bits per heavy atom. The molecule has 1 aliphatic carbocycles. The molecule has 1 saturated carbocycles. The number of nitrogens with one attached hydrogen (secondary N) is 1. The molecule has 0 spiro atoms. The molecular weight excluding hydrogens is 252 g/mol. The number of amides is 2. The number of rotatable bonds is 5. The fourth-order valence-corrected chi connectivity index (χ4v) is 2.66. The fourth-order valence-electron chi connectivity index (χ4n) is 2.66. The summed E-state index contributed by atoms with van der Waals surface area (Å²) in [6, 6.07) is 10.2. The molecule has 4 nitrogen and oxygen atoms in total. The topological polar surface area (TPSA) is 49.4 Å². The maximum absolute atomic E-state index is 11.9. The molecule has 1 saturated heterocycles. The van der Waals surface area contributed by atoms with E-state index in [1.165, 1.54) is 5.56 Å². The van der Waals surface area contributed by atoms with Crippen molar-refractivity contribution in [3.8, 4) is 0 Å². The van der Waals surface area contributed by atoms with Crippen molar-refractivity contribution in [1.29, 1.82) is 0 Å². The Morgan fingerprint density at radius 2 is 2.00 bits per heavy atom. The normalized spacial score (nSPS) is 22.1. The van der Waals surface area contributed by atoms with Crippen LogP contribution in [0.5, 0.6) is 0 Å². The summed E-state index contributed by atoms with van der Waals surface area (Å²) in [7, 11) is 0. The van der Waals surface area contributed by atoms with E-state index in [1.807, 2.05) is 23.1 Å². The lowest BCUT2D eigenvalue weighted by atomic mass is 10.1. The summed E-state index contributed by atoms with van der Waals surface area (Å²) in [5.41, 5.74) is 1.24. The van der Waals surface area contributed by atoms with Gasteiger partial charge < -0.3 is 10.2 Å². The molecular formula is C16H20N2O2. The van der Waals surface area contributed by atoms with E-state index in [4.69, 9.17) is 0 Å². The van der Waals surface area contributed by atoms with Crippen LogP contribution in [-0.4, -0.2) is 35.8 Å². The van der Waals surface area contributed by atoms with Crippen LogP contribution < -0.4 is 5.32 Å². The number of likely N-dealkylation sites (tertiary alicyclic amines) is 1. The predicted octanol–water partition coefficient (Wildman–Crippen LogP) is 1.36. The van der Waals surface area contributed by atoms with Crippen molar-refractivity contribution >= 4 is 11.8 Å². The first-order valence-electron chi connectivity index (χ1n) is 7.34. The summed E-state index contributed by atoms with van der Waals surface area (Å²) < 4.78 is 0. The van der Waals surface area contributed by atoms with E-state index in [2.05, 4.69) is 17.4 Å². The van der Waals surface area contributed by atoms with Gasteiger partial charge in [0.25, 0.3) is 0 Å². The first kappa shape index (κ1) is 13.2. The van der Waals surface area contributed by atoms with Crippen LogP contribution in [0, 0.1) is 5.92 Å². The van der Waals surface area contributed by atoms with Crippen molar-refractivity contribution in [2.24, 2.45) is 5.92 Å². The van der Waals surface area contributed by atoms with Gasteiger partial charge in [-0.1, -0.05) is 30.3 Å². The second-order valence-electron chi connectivity index (χ2n) is 5.76. The van der Waals surface area contributed by atoms with E-state index in [9.17, 15) is 9.59 Å². The highest BCUT2D eigenvalue weighted by molar-refractivity contribution is 5.84. The average Bonchev–Trinajstić information content (AvgIpc) is 3.24. The van der Waals surface area contributed by atoms with Crippen LogP contribution in [-0.2, 0) is 16.0 Å². The first-order valence-corrected chi connectivity index (χ1v) is 7.34. The predicted molar refractivity (Wildman–Crippen MR) is 76.0 cm³/mol. The van der Waals surface area contributed by atoms with E-state index in [0.29, 0.717) is 13.0 Å². The number of nitrogens with zero attached hydrogens (tertiary/aromatic N) is 1. The second kappa shape index (κ2) is 5.65. The van der Waals surface area contributed by atoms with Gasteiger partial charge in [0.1, 0.15) is 0 Å². The monoisotopic (exact) mass is 272 g/mol. The van der Waals surface area contributed by atoms with Gasteiger partial charge in [-0.3, -0.25) is 9.59 Å². The Bertz CT molecular complexity index is 496. The van der Waals surface area contributed by atoms with E-state index in [0.717, 1.165) is 25.8 Å². The highest BCUT2D eigenvalue weighted by Crippen LogP contribution is 2.29. The number of hydrogen-bond acceptors (Lipinski definition) is 2. The molecule has 1 aromatic carbocycles. The van der Waals surface area contributed by atoms with Crippen LogP contribution in [0.2, 0.25) is 0 Å². The van der Waals surface area contributed by atoms with Gasteiger partial charge in [0, 0.05) is 25.4 Å². The zero-order valence-corrected chi connectivity index (χ0v) is 11.5. The molecule has 1 atom stereocenters. The Labute approximate surface area is 119 Å². The van der Waals surface area contributed by atoms with Gasteiger partial charge in [-0.15, -0.1) is 0 Å². The molecule has 20 heavy (non-hydrogen) atoms. The quantitative estimate of drug-likeness (QED) is 0.880. The van der Waals surface area contributed by atoms with Crippen LogP contribution in [0.25, 0.3) is 0 Å². The van der Waals surface area contributed by atoms with Crippen molar-refractivity contribution in [1.82, 2.24) is 10.2 Å². The van der Waals surface area contributed by atoms with Gasteiger partial charge in [0.2, 0.25) is 11.8 Å². The molecule has 1 aliphatic heterocycles. The SMILES string of the molecule is O=C(N[C@H]1CC(=O)N(CCc2ccccc2)C1)C1CC1. The van der Waals surface area contributed by atoms with E-state index >= 15 is 0 Å². The Kier molecular flexibility index (Phi) is 3.72. The lowest BCUT2D eigenvalue weighted by Crippen LogP contribution is -2.38. The Hall–Kier alpha value is -1.84. The summed E-state index contributed by atoms with van der Waals surface area (Å²) in [6.45, 7) is 1.39. The third kappa shape index (κ3) is 3.18. The van der Waals surface area contributed by atoms with Crippen LogP contribution >= 0.6 is 0 Å². The third-order valence-corrected chi connectivity index (χ3v) is 4.02. The Morgan fingerprint density at radius 3 is 2.70 bits per heavy atom. The molecule has 0 radical (unpaired) electrons. The molecule has 2 aliphatic rings. The minimum Gasteiger partial charge on any atom is -0.351 e. The minimum absolute atomic E-state index is 0.00590. The molecule has 1 N–H and O–H groups in total. The molecule has 3 rings (SSSR count). The highest BCUT2D eigenvalue weighted by atomic mass is 16.2. The minimum atomic E-state index is 0.00590. The number of carbonyl (C=O) groups is 2. The maximum atomic E-state index is 11.9. The molecule has 0 aromatic heterocycles. The molecule has 1 heterocycles.